The molecule has 5 nitrogen and oxygen atoms in total. The van der Waals surface area contributed by atoms with Gasteiger partial charge < -0.3 is 10.4 Å². The maximum absolute atomic E-state index is 10.5. The predicted molar refractivity (Wildman–Crippen MR) is 56.9 cm³/mol. The molecule has 0 aliphatic heterocycles. The highest BCUT2D eigenvalue weighted by Gasteiger charge is 2.05. The first-order chi connectivity index (χ1) is 7.13. The summed E-state index contributed by atoms with van der Waals surface area (Å²) in [5.41, 5.74) is -0.0584. The molecule has 80 valence electrons. The molecular formula is C10H13N3O2. The van der Waals surface area contributed by atoms with E-state index < -0.39 is 5.97 Å². The lowest BCUT2D eigenvalue weighted by Crippen LogP contribution is -2.15. The van der Waals surface area contributed by atoms with Gasteiger partial charge in [-0.1, -0.05) is 6.08 Å². The van der Waals surface area contributed by atoms with E-state index in [0.29, 0.717) is 5.82 Å². The van der Waals surface area contributed by atoms with E-state index in [2.05, 4.69) is 21.9 Å². The molecule has 1 unspecified atom stereocenters. The predicted octanol–water partition coefficient (Wildman–Crippen LogP) is 1.55. The van der Waals surface area contributed by atoms with Gasteiger partial charge in [0.05, 0.1) is 12.4 Å². The van der Waals surface area contributed by atoms with Crippen molar-refractivity contribution in [3.05, 3.63) is 30.7 Å². The smallest absolute Gasteiger partial charge is 0.356 e. The summed E-state index contributed by atoms with van der Waals surface area (Å²) >= 11 is 0. The van der Waals surface area contributed by atoms with Crippen LogP contribution in [0, 0.1) is 0 Å². The lowest BCUT2D eigenvalue weighted by atomic mass is 10.2. The average molecular weight is 207 g/mol. The van der Waals surface area contributed by atoms with Crippen LogP contribution >= 0.6 is 0 Å². The molecular weight excluding hydrogens is 194 g/mol. The van der Waals surface area contributed by atoms with Crippen LogP contribution in [-0.2, 0) is 0 Å². The fourth-order valence-corrected chi connectivity index (χ4v) is 1.07. The van der Waals surface area contributed by atoms with Gasteiger partial charge in [0, 0.05) is 6.04 Å². The number of carboxylic acids is 1. The largest absolute Gasteiger partial charge is 0.476 e. The van der Waals surface area contributed by atoms with Gasteiger partial charge in [0.1, 0.15) is 5.82 Å². The van der Waals surface area contributed by atoms with E-state index in [1.54, 1.807) is 6.08 Å². The molecule has 2 N–H and O–H groups in total. The minimum atomic E-state index is -1.08. The van der Waals surface area contributed by atoms with Gasteiger partial charge in [-0.25, -0.2) is 14.8 Å². The number of aromatic nitrogens is 2. The van der Waals surface area contributed by atoms with E-state index in [1.807, 2.05) is 6.92 Å². The molecule has 1 atom stereocenters. The van der Waals surface area contributed by atoms with Crippen molar-refractivity contribution in [2.75, 3.05) is 5.32 Å². The fourth-order valence-electron chi connectivity index (χ4n) is 1.07. The van der Waals surface area contributed by atoms with Crippen molar-refractivity contribution in [3.63, 3.8) is 0 Å². The van der Waals surface area contributed by atoms with Gasteiger partial charge >= 0.3 is 5.97 Å². The molecule has 0 bridgehead atoms. The zero-order chi connectivity index (χ0) is 11.3. The first-order valence-electron chi connectivity index (χ1n) is 4.56. The monoisotopic (exact) mass is 207 g/mol. The zero-order valence-corrected chi connectivity index (χ0v) is 8.47. The highest BCUT2D eigenvalue weighted by Crippen LogP contribution is 2.05. The van der Waals surface area contributed by atoms with E-state index in [9.17, 15) is 4.79 Å². The number of nitrogens with one attached hydrogen (secondary N) is 1. The van der Waals surface area contributed by atoms with Gasteiger partial charge in [-0.05, 0) is 13.3 Å². The van der Waals surface area contributed by atoms with Crippen LogP contribution in [0.3, 0.4) is 0 Å². The van der Waals surface area contributed by atoms with Gasteiger partial charge in [-0.15, -0.1) is 6.58 Å². The number of hydrogen-bond acceptors (Lipinski definition) is 4. The maximum Gasteiger partial charge on any atom is 0.356 e. The molecule has 1 rings (SSSR count). The first kappa shape index (κ1) is 11.2. The Labute approximate surface area is 87.9 Å². The third-order valence-corrected chi connectivity index (χ3v) is 1.79. The first-order valence-corrected chi connectivity index (χ1v) is 4.56. The van der Waals surface area contributed by atoms with Crippen molar-refractivity contribution in [1.82, 2.24) is 9.97 Å². The van der Waals surface area contributed by atoms with Gasteiger partial charge in [0.25, 0.3) is 0 Å². The van der Waals surface area contributed by atoms with Crippen LogP contribution in [0.15, 0.2) is 25.0 Å². The summed E-state index contributed by atoms with van der Waals surface area (Å²) in [6.07, 6.45) is 5.24. The number of rotatable bonds is 5. The normalized spacial score (nSPS) is 11.8. The Morgan fingerprint density at radius 3 is 2.87 bits per heavy atom. The van der Waals surface area contributed by atoms with Crippen molar-refractivity contribution in [1.29, 1.82) is 0 Å². The molecule has 0 saturated heterocycles. The molecule has 1 aromatic heterocycles. The van der Waals surface area contributed by atoms with Crippen LogP contribution in [-0.4, -0.2) is 27.1 Å². The van der Waals surface area contributed by atoms with Gasteiger partial charge in [-0.3, -0.25) is 0 Å². The molecule has 0 saturated carbocycles. The Bertz CT molecular complexity index is 348. The highest BCUT2D eigenvalue weighted by atomic mass is 16.4. The number of anilines is 1. The van der Waals surface area contributed by atoms with Gasteiger partial charge in [-0.2, -0.15) is 0 Å². The maximum atomic E-state index is 10.5. The van der Waals surface area contributed by atoms with Gasteiger partial charge in [0.15, 0.2) is 5.69 Å². The van der Waals surface area contributed by atoms with Crippen LogP contribution < -0.4 is 5.32 Å². The van der Waals surface area contributed by atoms with E-state index >= 15 is 0 Å². The molecule has 0 amide bonds. The van der Waals surface area contributed by atoms with E-state index in [4.69, 9.17) is 5.11 Å². The Morgan fingerprint density at radius 2 is 2.40 bits per heavy atom. The number of carbonyl (C=O) groups is 1. The third kappa shape index (κ3) is 3.38. The van der Waals surface area contributed by atoms with Crippen LogP contribution in [0.25, 0.3) is 0 Å². The molecule has 1 aromatic rings. The van der Waals surface area contributed by atoms with Crippen molar-refractivity contribution in [3.8, 4) is 0 Å². The molecule has 0 aliphatic carbocycles. The summed E-state index contributed by atoms with van der Waals surface area (Å²) in [7, 11) is 0. The Hall–Kier alpha value is -1.91. The average Bonchev–Trinajstić information content (AvgIpc) is 2.18. The van der Waals surface area contributed by atoms with Crippen LogP contribution in [0.5, 0.6) is 0 Å². The van der Waals surface area contributed by atoms with Crippen LogP contribution in [0.2, 0.25) is 0 Å². The van der Waals surface area contributed by atoms with Gasteiger partial charge in [0.2, 0.25) is 0 Å². The molecule has 15 heavy (non-hydrogen) atoms. The number of hydrogen-bond donors (Lipinski definition) is 2. The number of nitrogens with zero attached hydrogens (tertiary/aromatic N) is 2. The summed E-state index contributed by atoms with van der Waals surface area (Å²) in [6.45, 7) is 5.61. The summed E-state index contributed by atoms with van der Waals surface area (Å²) in [5.74, 6) is -0.512. The molecule has 0 aliphatic rings. The summed E-state index contributed by atoms with van der Waals surface area (Å²) < 4.78 is 0. The number of carboxylic acid groups (broad SMARTS) is 1. The lowest BCUT2D eigenvalue weighted by molar-refractivity contribution is 0.0690. The minimum absolute atomic E-state index is 0.0584. The summed E-state index contributed by atoms with van der Waals surface area (Å²) in [6, 6.07) is 0.201. The van der Waals surface area contributed by atoms with Crippen molar-refractivity contribution >= 4 is 11.8 Å². The molecule has 0 spiro atoms. The standard InChI is InChI=1S/C10H13N3O2/c1-3-4-7(2)13-9-6-11-8(5-12-9)10(14)15/h3,5-7H,1,4H2,2H3,(H,12,13)(H,14,15). The molecule has 0 radical (unpaired) electrons. The summed E-state index contributed by atoms with van der Waals surface area (Å²) in [4.78, 5) is 18.2. The Balaban J connectivity index is 2.64. The van der Waals surface area contributed by atoms with Crippen LogP contribution in [0.4, 0.5) is 5.82 Å². The van der Waals surface area contributed by atoms with Crippen molar-refractivity contribution < 1.29 is 9.90 Å². The molecule has 1 heterocycles. The third-order valence-electron chi connectivity index (χ3n) is 1.79. The van der Waals surface area contributed by atoms with E-state index in [0.717, 1.165) is 6.42 Å². The second-order valence-corrected chi connectivity index (χ2v) is 3.16. The molecule has 5 heteroatoms. The SMILES string of the molecule is C=CCC(C)Nc1cnc(C(=O)O)cn1. The lowest BCUT2D eigenvalue weighted by Gasteiger charge is -2.11. The van der Waals surface area contributed by atoms with Crippen molar-refractivity contribution in [2.24, 2.45) is 0 Å². The topological polar surface area (TPSA) is 75.1 Å². The minimum Gasteiger partial charge on any atom is -0.476 e. The second-order valence-electron chi connectivity index (χ2n) is 3.16. The summed E-state index contributed by atoms with van der Waals surface area (Å²) in [5, 5.41) is 11.7. The second kappa shape index (κ2) is 5.09. The number of aromatic carboxylic acids is 1. The molecule has 0 aromatic carbocycles. The highest BCUT2D eigenvalue weighted by molar-refractivity contribution is 5.84. The van der Waals surface area contributed by atoms with E-state index in [1.165, 1.54) is 12.4 Å². The zero-order valence-electron chi connectivity index (χ0n) is 8.47. The molecule has 0 fully saturated rings. The van der Waals surface area contributed by atoms with Crippen LogP contribution in [0.1, 0.15) is 23.8 Å². The Morgan fingerprint density at radius 1 is 1.67 bits per heavy atom. The van der Waals surface area contributed by atoms with E-state index in [-0.39, 0.29) is 11.7 Å². The Kier molecular flexibility index (Phi) is 3.79. The van der Waals surface area contributed by atoms with Crippen molar-refractivity contribution in [2.45, 2.75) is 19.4 Å². The fraction of sp³-hybridized carbons (Fsp3) is 0.300. The quantitative estimate of drug-likeness (QED) is 0.716.